The molecule has 3 rings (SSSR count). The molecule has 0 spiro atoms. The molecule has 0 saturated carbocycles. The molecule has 6 nitrogen and oxygen atoms in total. The monoisotopic (exact) mass is 357 g/mol. The van der Waals surface area contributed by atoms with Crippen LogP contribution in [-0.2, 0) is 9.59 Å². The number of piperidine rings is 2. The van der Waals surface area contributed by atoms with Crippen molar-refractivity contribution in [3.05, 3.63) is 35.9 Å². The molecule has 0 radical (unpaired) electrons. The molecule has 6 heteroatoms. The van der Waals surface area contributed by atoms with E-state index in [0.29, 0.717) is 12.1 Å². The van der Waals surface area contributed by atoms with E-state index in [4.69, 9.17) is 0 Å². The Hall–Kier alpha value is -2.37. The highest BCUT2D eigenvalue weighted by Crippen LogP contribution is 2.39. The summed E-state index contributed by atoms with van der Waals surface area (Å²) in [5, 5.41) is 2.73. The maximum absolute atomic E-state index is 12.8. The zero-order valence-electron chi connectivity index (χ0n) is 15.5. The molecule has 2 fully saturated rings. The van der Waals surface area contributed by atoms with Crippen LogP contribution in [0.15, 0.2) is 30.3 Å². The van der Waals surface area contributed by atoms with Crippen LogP contribution in [0.3, 0.4) is 0 Å². The molecule has 0 unspecified atom stereocenters. The Morgan fingerprint density at radius 1 is 1.15 bits per heavy atom. The van der Waals surface area contributed by atoms with E-state index in [1.807, 2.05) is 15.9 Å². The molecule has 140 valence electrons. The molecule has 0 bridgehead atoms. The van der Waals surface area contributed by atoms with E-state index < -0.39 is 0 Å². The number of amides is 3. The molecule has 1 aromatic rings. The van der Waals surface area contributed by atoms with E-state index in [0.717, 1.165) is 32.2 Å². The third-order valence-electron chi connectivity index (χ3n) is 5.79. The van der Waals surface area contributed by atoms with E-state index in [1.165, 1.54) is 0 Å². The van der Waals surface area contributed by atoms with E-state index in [9.17, 15) is 14.4 Å². The summed E-state index contributed by atoms with van der Waals surface area (Å²) < 4.78 is 0. The first-order valence-electron chi connectivity index (χ1n) is 9.34. The van der Waals surface area contributed by atoms with Crippen LogP contribution in [0.4, 0.5) is 0 Å². The van der Waals surface area contributed by atoms with Crippen LogP contribution in [0.1, 0.15) is 49.9 Å². The van der Waals surface area contributed by atoms with E-state index >= 15 is 0 Å². The first-order chi connectivity index (χ1) is 12.4. The second kappa shape index (κ2) is 7.48. The van der Waals surface area contributed by atoms with Crippen molar-refractivity contribution < 1.29 is 14.4 Å². The lowest BCUT2D eigenvalue weighted by atomic mass is 9.76. The van der Waals surface area contributed by atoms with Gasteiger partial charge in [0, 0.05) is 25.6 Å². The minimum absolute atomic E-state index is 0.0135. The molecule has 3 amide bonds. The van der Waals surface area contributed by atoms with Gasteiger partial charge in [0.1, 0.15) is 0 Å². The van der Waals surface area contributed by atoms with Crippen molar-refractivity contribution in [3.63, 3.8) is 0 Å². The lowest BCUT2D eigenvalue weighted by Gasteiger charge is -2.56. The average Bonchev–Trinajstić information content (AvgIpc) is 2.64. The standard InChI is InChI=1S/C20H27N3O3/c1-15(24)23-13-6-10-17-20(23,2)11-7-12-22(17)18(25)14-21-19(26)16-8-4-3-5-9-16/h3-5,8-9,17H,6-7,10-14H2,1-2H3,(H,21,26)/t17-,20-/m0/s1. The fourth-order valence-corrected chi connectivity index (χ4v) is 4.51. The fraction of sp³-hybridized carbons (Fsp3) is 0.550. The predicted octanol–water partition coefficient (Wildman–Crippen LogP) is 1.81. The Balaban J connectivity index is 1.67. The van der Waals surface area contributed by atoms with Gasteiger partial charge >= 0.3 is 0 Å². The molecule has 2 aliphatic heterocycles. The quantitative estimate of drug-likeness (QED) is 0.897. The Morgan fingerprint density at radius 2 is 1.88 bits per heavy atom. The van der Waals surface area contributed by atoms with Gasteiger partial charge in [-0.15, -0.1) is 0 Å². The summed E-state index contributed by atoms with van der Waals surface area (Å²) in [7, 11) is 0. The molecule has 2 aliphatic rings. The van der Waals surface area contributed by atoms with Gasteiger partial charge in [-0.05, 0) is 44.7 Å². The van der Waals surface area contributed by atoms with E-state index in [1.54, 1.807) is 31.2 Å². The number of likely N-dealkylation sites (tertiary alicyclic amines) is 2. The predicted molar refractivity (Wildman–Crippen MR) is 98.5 cm³/mol. The molecule has 1 aromatic carbocycles. The number of hydrogen-bond acceptors (Lipinski definition) is 3. The number of nitrogens with one attached hydrogen (secondary N) is 1. The number of carbonyl (C=O) groups excluding carboxylic acids is 3. The Kier molecular flexibility index (Phi) is 5.30. The third kappa shape index (κ3) is 3.45. The van der Waals surface area contributed by atoms with E-state index in [2.05, 4.69) is 12.2 Å². The number of nitrogens with zero attached hydrogens (tertiary/aromatic N) is 2. The van der Waals surface area contributed by atoms with Crippen molar-refractivity contribution in [1.29, 1.82) is 0 Å². The van der Waals surface area contributed by atoms with Crippen molar-refractivity contribution in [2.45, 2.75) is 51.1 Å². The van der Waals surface area contributed by atoms with Gasteiger partial charge in [0.05, 0.1) is 18.1 Å². The van der Waals surface area contributed by atoms with Gasteiger partial charge in [-0.3, -0.25) is 14.4 Å². The van der Waals surface area contributed by atoms with Crippen LogP contribution in [-0.4, -0.2) is 58.7 Å². The number of benzene rings is 1. The van der Waals surface area contributed by atoms with Gasteiger partial charge in [-0.25, -0.2) is 0 Å². The summed E-state index contributed by atoms with van der Waals surface area (Å²) in [5.41, 5.74) is 0.241. The minimum Gasteiger partial charge on any atom is -0.343 e. The molecule has 2 atom stereocenters. The van der Waals surface area contributed by atoms with Gasteiger partial charge in [0.25, 0.3) is 5.91 Å². The van der Waals surface area contributed by atoms with Crippen molar-refractivity contribution in [2.75, 3.05) is 19.6 Å². The van der Waals surface area contributed by atoms with Crippen LogP contribution < -0.4 is 5.32 Å². The minimum atomic E-state index is -0.304. The maximum atomic E-state index is 12.8. The summed E-state index contributed by atoms with van der Waals surface area (Å²) in [4.78, 5) is 40.9. The highest BCUT2D eigenvalue weighted by molar-refractivity contribution is 5.96. The SMILES string of the molecule is CC(=O)N1CCC[C@@H]2N(C(=O)CNC(=O)c3ccccc3)CCC[C@@]21C. The van der Waals surface area contributed by atoms with Crippen LogP contribution in [0.2, 0.25) is 0 Å². The molecular weight excluding hydrogens is 330 g/mol. The van der Waals surface area contributed by atoms with Gasteiger partial charge in [0.15, 0.2) is 0 Å². The second-order valence-electron chi connectivity index (χ2n) is 7.43. The van der Waals surface area contributed by atoms with Gasteiger partial charge < -0.3 is 15.1 Å². The van der Waals surface area contributed by atoms with Gasteiger partial charge in [-0.1, -0.05) is 18.2 Å². The second-order valence-corrected chi connectivity index (χ2v) is 7.43. The highest BCUT2D eigenvalue weighted by Gasteiger charge is 2.49. The van der Waals surface area contributed by atoms with Gasteiger partial charge in [-0.2, -0.15) is 0 Å². The number of rotatable bonds is 3. The molecule has 2 heterocycles. The molecule has 26 heavy (non-hydrogen) atoms. The summed E-state index contributed by atoms with van der Waals surface area (Å²) in [6, 6.07) is 8.92. The number of fused-ring (bicyclic) bond motifs is 1. The summed E-state index contributed by atoms with van der Waals surface area (Å²) in [6.45, 7) is 5.14. The lowest BCUT2D eigenvalue weighted by Crippen LogP contribution is -2.68. The van der Waals surface area contributed by atoms with Crippen LogP contribution in [0, 0.1) is 0 Å². The smallest absolute Gasteiger partial charge is 0.251 e. The van der Waals surface area contributed by atoms with Crippen LogP contribution in [0.5, 0.6) is 0 Å². The van der Waals surface area contributed by atoms with Crippen molar-refractivity contribution in [2.24, 2.45) is 0 Å². The third-order valence-corrected chi connectivity index (χ3v) is 5.79. The maximum Gasteiger partial charge on any atom is 0.251 e. The fourth-order valence-electron chi connectivity index (χ4n) is 4.51. The van der Waals surface area contributed by atoms with Crippen molar-refractivity contribution in [1.82, 2.24) is 15.1 Å². The first-order valence-corrected chi connectivity index (χ1v) is 9.34. The molecule has 0 aliphatic carbocycles. The number of carbonyl (C=O) groups is 3. The summed E-state index contributed by atoms with van der Waals surface area (Å²) in [5.74, 6) is -0.243. The van der Waals surface area contributed by atoms with E-state index in [-0.39, 0.29) is 35.8 Å². The molecule has 1 N–H and O–H groups in total. The zero-order chi connectivity index (χ0) is 18.7. The van der Waals surface area contributed by atoms with Crippen LogP contribution in [0.25, 0.3) is 0 Å². The summed E-state index contributed by atoms with van der Waals surface area (Å²) in [6.07, 6.45) is 3.59. The zero-order valence-corrected chi connectivity index (χ0v) is 15.5. The average molecular weight is 357 g/mol. The Labute approximate surface area is 154 Å². The summed E-state index contributed by atoms with van der Waals surface area (Å²) >= 11 is 0. The Morgan fingerprint density at radius 3 is 2.58 bits per heavy atom. The lowest BCUT2D eigenvalue weighted by molar-refractivity contribution is -0.154. The Bertz CT molecular complexity index is 691. The number of hydrogen-bond donors (Lipinski definition) is 1. The highest BCUT2D eigenvalue weighted by atomic mass is 16.2. The topological polar surface area (TPSA) is 69.7 Å². The first kappa shape index (κ1) is 18.4. The van der Waals surface area contributed by atoms with Crippen molar-refractivity contribution >= 4 is 17.7 Å². The van der Waals surface area contributed by atoms with Crippen LogP contribution >= 0.6 is 0 Å². The molecule has 2 saturated heterocycles. The normalized spacial score (nSPS) is 25.4. The molecular formula is C20H27N3O3. The van der Waals surface area contributed by atoms with Gasteiger partial charge in [0.2, 0.25) is 11.8 Å². The molecule has 0 aromatic heterocycles. The largest absolute Gasteiger partial charge is 0.343 e. The van der Waals surface area contributed by atoms with Crippen molar-refractivity contribution in [3.8, 4) is 0 Å².